The van der Waals surface area contributed by atoms with E-state index in [1.165, 1.54) is 0 Å². The number of halogens is 6. The van der Waals surface area contributed by atoms with Crippen molar-refractivity contribution in [2.24, 2.45) is 0 Å². The molecule has 1 aromatic carbocycles. The molecule has 0 aliphatic heterocycles. The minimum Gasteiger partial charge on any atom is -0.465 e. The van der Waals surface area contributed by atoms with Crippen LogP contribution in [0.4, 0.5) is 26.3 Å². The monoisotopic (exact) mass is 302 g/mol. The van der Waals surface area contributed by atoms with Crippen LogP contribution in [0.1, 0.15) is 15.9 Å². The molecule has 0 aliphatic rings. The Hall–Kier alpha value is -1.77. The largest absolute Gasteiger partial charge is 0.465 e. The van der Waals surface area contributed by atoms with E-state index in [9.17, 15) is 31.1 Å². The summed E-state index contributed by atoms with van der Waals surface area (Å²) in [6, 6.07) is 2.13. The Morgan fingerprint density at radius 3 is 1.70 bits per heavy atom. The van der Waals surface area contributed by atoms with E-state index in [2.05, 4.69) is 4.74 Å². The molecular weight excluding hydrogens is 294 g/mol. The lowest BCUT2D eigenvalue weighted by atomic mass is 9.91. The number of ether oxygens (including phenoxy) is 1. The lowest BCUT2D eigenvalue weighted by molar-refractivity contribution is -0.376. The zero-order valence-corrected chi connectivity index (χ0v) is 9.84. The molecule has 0 aliphatic carbocycles. The van der Waals surface area contributed by atoms with Crippen LogP contribution in [0.15, 0.2) is 24.3 Å². The molecule has 0 unspecified atom stereocenters. The topological polar surface area (TPSA) is 46.5 Å². The van der Waals surface area contributed by atoms with E-state index in [0.717, 1.165) is 7.11 Å². The quantitative estimate of drug-likeness (QED) is 0.675. The first-order valence-electron chi connectivity index (χ1n) is 5.00. The van der Waals surface area contributed by atoms with Crippen molar-refractivity contribution in [3.8, 4) is 0 Å². The fourth-order valence-corrected chi connectivity index (χ4v) is 1.45. The smallest absolute Gasteiger partial charge is 0.430 e. The van der Waals surface area contributed by atoms with Crippen molar-refractivity contribution < 1.29 is 41.0 Å². The maximum Gasteiger partial charge on any atom is 0.430 e. The van der Waals surface area contributed by atoms with Gasteiger partial charge in [0.1, 0.15) is 0 Å². The highest BCUT2D eigenvalue weighted by atomic mass is 19.4. The summed E-state index contributed by atoms with van der Waals surface area (Å²) in [5, 5.41) is 9.08. The average Bonchev–Trinajstić information content (AvgIpc) is 2.34. The molecule has 0 saturated heterocycles. The third-order valence-corrected chi connectivity index (χ3v) is 2.54. The first-order chi connectivity index (χ1) is 8.95. The van der Waals surface area contributed by atoms with Gasteiger partial charge in [-0.1, -0.05) is 12.1 Å². The Labute approximate surface area is 108 Å². The van der Waals surface area contributed by atoms with Crippen LogP contribution in [-0.2, 0) is 10.3 Å². The Balaban J connectivity index is 3.35. The van der Waals surface area contributed by atoms with Gasteiger partial charge in [0.25, 0.3) is 5.60 Å². The molecule has 0 fully saturated rings. The normalized spacial score (nSPS) is 13.2. The molecule has 0 atom stereocenters. The molecule has 1 N–H and O–H groups in total. The lowest BCUT2D eigenvalue weighted by Gasteiger charge is -2.32. The maximum absolute atomic E-state index is 12.5. The molecule has 0 saturated carbocycles. The second-order valence-corrected chi connectivity index (χ2v) is 3.77. The highest BCUT2D eigenvalue weighted by Crippen LogP contribution is 2.49. The molecule has 0 radical (unpaired) electrons. The highest BCUT2D eigenvalue weighted by Gasteiger charge is 2.71. The van der Waals surface area contributed by atoms with Gasteiger partial charge in [0.15, 0.2) is 0 Å². The summed E-state index contributed by atoms with van der Waals surface area (Å²) in [5.74, 6) is -0.931. The Bertz CT molecular complexity index is 474. The third kappa shape index (κ3) is 2.58. The van der Waals surface area contributed by atoms with Gasteiger partial charge < -0.3 is 9.84 Å². The number of carbonyl (C=O) groups is 1. The van der Waals surface area contributed by atoms with Gasteiger partial charge in [0.05, 0.1) is 12.7 Å². The number of hydrogen-bond acceptors (Lipinski definition) is 3. The van der Waals surface area contributed by atoms with E-state index >= 15 is 0 Å². The fourth-order valence-electron chi connectivity index (χ4n) is 1.45. The van der Waals surface area contributed by atoms with Crippen molar-refractivity contribution in [3.63, 3.8) is 0 Å². The molecule has 3 nitrogen and oxygen atoms in total. The standard InChI is InChI=1S/C11H8F6O3/c1-20-8(18)6-2-4-7(5-3-6)9(19,10(12,13)14)11(15,16)17/h2-5,19H,1H3. The van der Waals surface area contributed by atoms with Crippen LogP contribution in [0.2, 0.25) is 0 Å². The summed E-state index contributed by atoms with van der Waals surface area (Å²) in [6.45, 7) is 0. The second-order valence-electron chi connectivity index (χ2n) is 3.77. The van der Waals surface area contributed by atoms with E-state index in [-0.39, 0.29) is 5.56 Å². The van der Waals surface area contributed by atoms with Crippen molar-refractivity contribution in [2.75, 3.05) is 7.11 Å². The number of methoxy groups -OCH3 is 1. The molecule has 0 aromatic heterocycles. The third-order valence-electron chi connectivity index (χ3n) is 2.54. The molecule has 112 valence electrons. The van der Waals surface area contributed by atoms with Crippen molar-refractivity contribution >= 4 is 5.97 Å². The van der Waals surface area contributed by atoms with Crippen molar-refractivity contribution in [1.29, 1.82) is 0 Å². The van der Waals surface area contributed by atoms with Gasteiger partial charge in [-0.05, 0) is 12.1 Å². The van der Waals surface area contributed by atoms with Gasteiger partial charge in [-0.2, -0.15) is 26.3 Å². The van der Waals surface area contributed by atoms with Crippen LogP contribution in [-0.4, -0.2) is 30.5 Å². The molecule has 0 amide bonds. The predicted octanol–water partition coefficient (Wildman–Crippen LogP) is 2.79. The minimum absolute atomic E-state index is 0.247. The zero-order valence-electron chi connectivity index (χ0n) is 9.84. The van der Waals surface area contributed by atoms with Gasteiger partial charge >= 0.3 is 18.3 Å². The molecule has 20 heavy (non-hydrogen) atoms. The van der Waals surface area contributed by atoms with E-state index in [0.29, 0.717) is 24.3 Å². The van der Waals surface area contributed by atoms with Crippen LogP contribution in [0.25, 0.3) is 0 Å². The Morgan fingerprint density at radius 1 is 1.00 bits per heavy atom. The van der Waals surface area contributed by atoms with Gasteiger partial charge in [-0.15, -0.1) is 0 Å². The van der Waals surface area contributed by atoms with Crippen molar-refractivity contribution in [2.45, 2.75) is 18.0 Å². The van der Waals surface area contributed by atoms with E-state index in [4.69, 9.17) is 5.11 Å². The summed E-state index contributed by atoms with van der Waals surface area (Å²) in [4.78, 5) is 11.0. The van der Waals surface area contributed by atoms with Crippen molar-refractivity contribution in [3.05, 3.63) is 35.4 Å². The molecule has 0 bridgehead atoms. The predicted molar refractivity (Wildman–Crippen MR) is 53.8 cm³/mol. The van der Waals surface area contributed by atoms with Gasteiger partial charge in [0.2, 0.25) is 0 Å². The van der Waals surface area contributed by atoms with Gasteiger partial charge in [-0.3, -0.25) is 0 Å². The highest BCUT2D eigenvalue weighted by molar-refractivity contribution is 5.89. The molecule has 0 heterocycles. The molecule has 9 heteroatoms. The first-order valence-corrected chi connectivity index (χ1v) is 5.00. The van der Waals surface area contributed by atoms with Gasteiger partial charge in [0, 0.05) is 5.56 Å². The fraction of sp³-hybridized carbons (Fsp3) is 0.364. The van der Waals surface area contributed by atoms with Crippen LogP contribution in [0.5, 0.6) is 0 Å². The maximum atomic E-state index is 12.5. The number of esters is 1. The number of hydrogen-bond donors (Lipinski definition) is 1. The van der Waals surface area contributed by atoms with Crippen LogP contribution >= 0.6 is 0 Å². The summed E-state index contributed by atoms with van der Waals surface area (Å²) in [6.07, 6.45) is -11.9. The number of alkyl halides is 6. The number of carbonyl (C=O) groups excluding carboxylic acids is 1. The number of aliphatic hydroxyl groups is 1. The first kappa shape index (κ1) is 16.3. The Morgan fingerprint density at radius 2 is 1.40 bits per heavy atom. The lowest BCUT2D eigenvalue weighted by Crippen LogP contribution is -2.53. The number of benzene rings is 1. The molecular formula is C11H8F6O3. The summed E-state index contributed by atoms with van der Waals surface area (Å²) in [5.41, 5.74) is -6.69. The molecule has 0 spiro atoms. The SMILES string of the molecule is COC(=O)c1ccc(C(O)(C(F)(F)F)C(F)(F)F)cc1. The van der Waals surface area contributed by atoms with Crippen molar-refractivity contribution in [1.82, 2.24) is 0 Å². The summed E-state index contributed by atoms with van der Waals surface area (Å²) < 4.78 is 79.5. The van der Waals surface area contributed by atoms with Crippen LogP contribution in [0, 0.1) is 0 Å². The minimum atomic E-state index is -5.96. The number of rotatable bonds is 2. The van der Waals surface area contributed by atoms with Crippen LogP contribution in [0.3, 0.4) is 0 Å². The second kappa shape index (κ2) is 4.97. The average molecular weight is 302 g/mol. The summed E-state index contributed by atoms with van der Waals surface area (Å²) in [7, 11) is 0.998. The molecule has 1 aromatic rings. The van der Waals surface area contributed by atoms with Gasteiger partial charge in [-0.25, -0.2) is 4.79 Å². The Kier molecular flexibility index (Phi) is 4.04. The van der Waals surface area contributed by atoms with E-state index in [1.807, 2.05) is 0 Å². The zero-order chi connectivity index (χ0) is 15.8. The van der Waals surface area contributed by atoms with E-state index in [1.54, 1.807) is 0 Å². The van der Waals surface area contributed by atoms with Crippen LogP contribution < -0.4 is 0 Å². The summed E-state index contributed by atoms with van der Waals surface area (Å²) >= 11 is 0. The van der Waals surface area contributed by atoms with E-state index < -0.39 is 29.5 Å². The molecule has 1 rings (SSSR count).